The summed E-state index contributed by atoms with van der Waals surface area (Å²) >= 11 is 0. The highest BCUT2D eigenvalue weighted by atomic mass is 16.5. The monoisotopic (exact) mass is 178 g/mol. The summed E-state index contributed by atoms with van der Waals surface area (Å²) in [6.07, 6.45) is 1.27. The summed E-state index contributed by atoms with van der Waals surface area (Å²) < 4.78 is 0. The molecule has 0 atom stereocenters. The zero-order valence-electron chi connectivity index (χ0n) is 7.70. The highest BCUT2D eigenvalue weighted by Gasteiger charge is 2.02. The molecule has 1 aromatic rings. The van der Waals surface area contributed by atoms with E-state index < -0.39 is 5.95 Å². The van der Waals surface area contributed by atoms with Crippen molar-refractivity contribution < 1.29 is 10.2 Å². The van der Waals surface area contributed by atoms with Gasteiger partial charge in [0.05, 0.1) is 0 Å². The summed E-state index contributed by atoms with van der Waals surface area (Å²) in [5, 5.41) is 17.8. The number of aliphatic hydroxyl groups is 2. The lowest BCUT2D eigenvalue weighted by Crippen LogP contribution is -1.94. The second-order valence-electron chi connectivity index (χ2n) is 2.94. The van der Waals surface area contributed by atoms with Gasteiger partial charge in [-0.1, -0.05) is 37.3 Å². The molecule has 0 aliphatic carbocycles. The fourth-order valence-electron chi connectivity index (χ4n) is 1.20. The summed E-state index contributed by atoms with van der Waals surface area (Å²) in [5.41, 5.74) is 1.77. The normalized spacial score (nSPS) is 9.62. The van der Waals surface area contributed by atoms with Gasteiger partial charge in [-0.05, 0) is 12.0 Å². The largest absolute Gasteiger partial charge is 0.481 e. The molecule has 0 saturated carbocycles. The topological polar surface area (TPSA) is 40.5 Å². The molecule has 0 aliphatic rings. The third kappa shape index (κ3) is 2.82. The number of hydrogen-bond donors (Lipinski definition) is 2. The van der Waals surface area contributed by atoms with Gasteiger partial charge in [0.25, 0.3) is 5.95 Å². The predicted octanol–water partition coefficient (Wildman–Crippen LogP) is 2.97. The average molecular weight is 178 g/mol. The van der Waals surface area contributed by atoms with Crippen molar-refractivity contribution in [3.63, 3.8) is 0 Å². The Morgan fingerprint density at radius 1 is 1.15 bits per heavy atom. The molecule has 0 radical (unpaired) electrons. The second-order valence-corrected chi connectivity index (χ2v) is 2.94. The Morgan fingerprint density at radius 3 is 2.23 bits per heavy atom. The maximum Gasteiger partial charge on any atom is 0.273 e. The minimum absolute atomic E-state index is 0.536. The lowest BCUT2D eigenvalue weighted by atomic mass is 10.0. The Morgan fingerprint density at radius 2 is 1.77 bits per heavy atom. The molecule has 0 bridgehead atoms. The van der Waals surface area contributed by atoms with Crippen molar-refractivity contribution in [1.82, 2.24) is 0 Å². The van der Waals surface area contributed by atoms with E-state index >= 15 is 0 Å². The Kier molecular flexibility index (Phi) is 3.38. The maximum atomic E-state index is 8.91. The molecule has 0 aromatic heterocycles. The van der Waals surface area contributed by atoms with E-state index in [1.807, 2.05) is 37.3 Å². The van der Waals surface area contributed by atoms with Gasteiger partial charge in [0, 0.05) is 12.0 Å². The molecular weight excluding hydrogens is 164 g/mol. The van der Waals surface area contributed by atoms with Crippen LogP contribution < -0.4 is 0 Å². The van der Waals surface area contributed by atoms with Crippen LogP contribution in [0.15, 0.2) is 41.9 Å². The van der Waals surface area contributed by atoms with Gasteiger partial charge in [-0.25, -0.2) is 0 Å². The fourth-order valence-corrected chi connectivity index (χ4v) is 1.20. The summed E-state index contributed by atoms with van der Waals surface area (Å²) in [4.78, 5) is 0. The number of rotatable bonds is 3. The smallest absolute Gasteiger partial charge is 0.273 e. The van der Waals surface area contributed by atoms with Crippen LogP contribution in [0.3, 0.4) is 0 Å². The third-order valence-electron chi connectivity index (χ3n) is 2.00. The van der Waals surface area contributed by atoms with Crippen molar-refractivity contribution in [3.8, 4) is 0 Å². The Bertz CT molecular complexity index is 284. The lowest BCUT2D eigenvalue weighted by Gasteiger charge is -2.04. The van der Waals surface area contributed by atoms with E-state index in [4.69, 9.17) is 10.2 Å². The maximum absolute atomic E-state index is 8.91. The second kappa shape index (κ2) is 4.55. The molecule has 2 nitrogen and oxygen atoms in total. The van der Waals surface area contributed by atoms with Crippen molar-refractivity contribution in [2.24, 2.45) is 0 Å². The molecule has 0 saturated heterocycles. The number of benzene rings is 1. The molecule has 1 aromatic carbocycles. The van der Waals surface area contributed by atoms with E-state index in [9.17, 15) is 0 Å². The van der Waals surface area contributed by atoms with E-state index in [-0.39, 0.29) is 0 Å². The first kappa shape index (κ1) is 9.65. The van der Waals surface area contributed by atoms with Crippen LogP contribution in [-0.4, -0.2) is 10.2 Å². The molecule has 0 aliphatic heterocycles. The first-order valence-corrected chi connectivity index (χ1v) is 4.38. The molecular formula is C11H14O2. The van der Waals surface area contributed by atoms with Gasteiger partial charge in [-0.2, -0.15) is 0 Å². The van der Waals surface area contributed by atoms with Crippen LogP contribution in [0.5, 0.6) is 0 Å². The van der Waals surface area contributed by atoms with Crippen molar-refractivity contribution in [2.45, 2.75) is 19.8 Å². The zero-order chi connectivity index (χ0) is 9.68. The van der Waals surface area contributed by atoms with Crippen molar-refractivity contribution in [2.75, 3.05) is 0 Å². The highest BCUT2D eigenvalue weighted by Crippen LogP contribution is 2.12. The summed E-state index contributed by atoms with van der Waals surface area (Å²) in [6.45, 7) is 1.91. The molecule has 2 N–H and O–H groups in total. The molecule has 1 rings (SSSR count). The summed E-state index contributed by atoms with van der Waals surface area (Å²) in [5.74, 6) is -0.536. The van der Waals surface area contributed by atoms with Crippen LogP contribution in [0.4, 0.5) is 0 Å². The van der Waals surface area contributed by atoms with Crippen LogP contribution in [0, 0.1) is 0 Å². The van der Waals surface area contributed by atoms with Crippen molar-refractivity contribution in [3.05, 3.63) is 47.4 Å². The summed E-state index contributed by atoms with van der Waals surface area (Å²) in [7, 11) is 0. The number of hydrogen-bond acceptors (Lipinski definition) is 2. The first-order chi connectivity index (χ1) is 6.24. The molecule has 13 heavy (non-hydrogen) atoms. The molecule has 0 heterocycles. The van der Waals surface area contributed by atoms with E-state index in [1.54, 1.807) is 0 Å². The third-order valence-corrected chi connectivity index (χ3v) is 2.00. The molecule has 0 spiro atoms. The van der Waals surface area contributed by atoms with Crippen molar-refractivity contribution >= 4 is 0 Å². The van der Waals surface area contributed by atoms with Crippen LogP contribution in [0.25, 0.3) is 0 Å². The van der Waals surface area contributed by atoms with Gasteiger partial charge in [-0.3, -0.25) is 0 Å². The minimum Gasteiger partial charge on any atom is -0.481 e. The number of aliphatic hydroxyl groups excluding tert-OH is 1. The van der Waals surface area contributed by atoms with E-state index in [0.717, 1.165) is 5.56 Å². The molecule has 70 valence electrons. The Balaban J connectivity index is 2.74. The Labute approximate surface area is 78.2 Å². The van der Waals surface area contributed by atoms with Gasteiger partial charge >= 0.3 is 0 Å². The minimum atomic E-state index is -0.536. The van der Waals surface area contributed by atoms with Gasteiger partial charge in [-0.15, -0.1) is 0 Å². The van der Waals surface area contributed by atoms with E-state index in [2.05, 4.69) is 0 Å². The quantitative estimate of drug-likeness (QED) is 0.698. The molecule has 2 heteroatoms. The van der Waals surface area contributed by atoms with Gasteiger partial charge < -0.3 is 10.2 Å². The lowest BCUT2D eigenvalue weighted by molar-refractivity contribution is 0.182. The molecule has 0 unspecified atom stereocenters. The number of allylic oxidation sites excluding steroid dienone is 1. The van der Waals surface area contributed by atoms with E-state index in [1.165, 1.54) is 0 Å². The van der Waals surface area contributed by atoms with Crippen molar-refractivity contribution in [1.29, 1.82) is 0 Å². The molecule has 0 fully saturated rings. The van der Waals surface area contributed by atoms with E-state index in [0.29, 0.717) is 18.4 Å². The van der Waals surface area contributed by atoms with Crippen LogP contribution >= 0.6 is 0 Å². The highest BCUT2D eigenvalue weighted by molar-refractivity contribution is 5.21. The SMILES string of the molecule is CCC(Cc1ccccc1)=C(O)O. The fraction of sp³-hybridized carbons (Fsp3) is 0.273. The average Bonchev–Trinajstić information content (AvgIpc) is 2.15. The molecule has 0 amide bonds. The van der Waals surface area contributed by atoms with Gasteiger partial charge in [0.15, 0.2) is 0 Å². The first-order valence-electron chi connectivity index (χ1n) is 4.38. The van der Waals surface area contributed by atoms with Crippen LogP contribution in [0.1, 0.15) is 18.9 Å². The van der Waals surface area contributed by atoms with Crippen LogP contribution in [0.2, 0.25) is 0 Å². The predicted molar refractivity (Wildman–Crippen MR) is 52.7 cm³/mol. The Hall–Kier alpha value is -1.44. The summed E-state index contributed by atoms with van der Waals surface area (Å²) in [6, 6.07) is 9.77. The van der Waals surface area contributed by atoms with Gasteiger partial charge in [0.2, 0.25) is 0 Å². The standard InChI is InChI=1S/C11H14O2/c1-2-10(11(12)13)8-9-6-4-3-5-7-9/h3-7,12-13H,2,8H2,1H3. The zero-order valence-corrected chi connectivity index (χ0v) is 7.70. The van der Waals surface area contributed by atoms with Crippen LogP contribution in [-0.2, 0) is 6.42 Å². The van der Waals surface area contributed by atoms with Gasteiger partial charge in [0.1, 0.15) is 0 Å².